The number of hydrogen-bond acceptors (Lipinski definition) is 5. The second-order valence-electron chi connectivity index (χ2n) is 28.5. The fraction of sp³-hybridized carbons (Fsp3) is 0.951. The van der Waals surface area contributed by atoms with E-state index in [1.54, 1.807) is 0 Å². The highest BCUT2D eigenvalue weighted by molar-refractivity contribution is 5.76. The molecule has 0 aliphatic heterocycles. The molecule has 0 fully saturated rings. The Labute approximate surface area is 552 Å². The zero-order valence-corrected chi connectivity index (χ0v) is 60.3. The summed E-state index contributed by atoms with van der Waals surface area (Å²) >= 11 is 0. The van der Waals surface area contributed by atoms with E-state index in [4.69, 9.17) is 4.74 Å². The molecular weight excluding hydrogens is 1080 g/mol. The Morgan fingerprint density at radius 1 is 0.307 bits per heavy atom. The van der Waals surface area contributed by atoms with Crippen LogP contribution in [0, 0.1) is 0 Å². The minimum absolute atomic E-state index is 0.0193. The first-order valence-corrected chi connectivity index (χ1v) is 40.9. The summed E-state index contributed by atoms with van der Waals surface area (Å²) < 4.78 is 5.51. The smallest absolute Gasteiger partial charge is 0.305 e. The molecule has 0 aliphatic carbocycles. The van der Waals surface area contributed by atoms with E-state index < -0.39 is 12.1 Å². The van der Waals surface area contributed by atoms with Gasteiger partial charge in [0.05, 0.1) is 25.4 Å². The van der Waals surface area contributed by atoms with E-state index in [2.05, 4.69) is 31.3 Å². The van der Waals surface area contributed by atoms with Gasteiger partial charge in [-0.1, -0.05) is 424 Å². The van der Waals surface area contributed by atoms with Crippen LogP contribution in [0.15, 0.2) is 12.2 Å². The summed E-state index contributed by atoms with van der Waals surface area (Å²) in [4.78, 5) is 24.7. The van der Waals surface area contributed by atoms with Gasteiger partial charge in [0.2, 0.25) is 5.91 Å². The summed E-state index contributed by atoms with van der Waals surface area (Å²) in [5.41, 5.74) is 0. The van der Waals surface area contributed by atoms with Gasteiger partial charge in [-0.3, -0.25) is 9.59 Å². The number of rotatable bonds is 78. The van der Waals surface area contributed by atoms with Gasteiger partial charge in [-0.25, -0.2) is 0 Å². The maximum absolute atomic E-state index is 12.6. The third kappa shape index (κ3) is 73.6. The lowest BCUT2D eigenvalue weighted by molar-refractivity contribution is -0.143. The first kappa shape index (κ1) is 86.6. The largest absolute Gasteiger partial charge is 0.466 e. The van der Waals surface area contributed by atoms with Crippen LogP contribution in [0.25, 0.3) is 0 Å². The van der Waals surface area contributed by atoms with Crippen LogP contribution in [0.2, 0.25) is 0 Å². The van der Waals surface area contributed by atoms with E-state index in [1.165, 1.54) is 405 Å². The van der Waals surface area contributed by atoms with Crippen molar-refractivity contribution < 1.29 is 24.5 Å². The molecular formula is C82H161NO5. The number of unbranched alkanes of at least 4 members (excludes halogenated alkanes) is 65. The lowest BCUT2D eigenvalue weighted by Gasteiger charge is -2.22. The zero-order chi connectivity index (χ0) is 63.5. The Kier molecular flexibility index (Phi) is 76.8. The summed E-state index contributed by atoms with van der Waals surface area (Å²) in [6.07, 6.45) is 98.9. The molecule has 1 amide bonds. The number of nitrogens with one attached hydrogen (secondary N) is 1. The number of allylic oxidation sites excluding steroid dienone is 2. The van der Waals surface area contributed by atoms with Gasteiger partial charge in [-0.05, 0) is 51.4 Å². The predicted molar refractivity (Wildman–Crippen MR) is 389 cm³/mol. The maximum atomic E-state index is 12.6. The Bertz CT molecular complexity index is 1340. The molecule has 0 radical (unpaired) electrons. The summed E-state index contributed by atoms with van der Waals surface area (Å²) in [6.45, 7) is 5.01. The van der Waals surface area contributed by atoms with Crippen molar-refractivity contribution in [2.45, 2.75) is 488 Å². The van der Waals surface area contributed by atoms with E-state index in [0.717, 1.165) is 38.5 Å². The van der Waals surface area contributed by atoms with Gasteiger partial charge in [0, 0.05) is 12.8 Å². The summed E-state index contributed by atoms with van der Waals surface area (Å²) in [7, 11) is 0. The summed E-state index contributed by atoms with van der Waals surface area (Å²) in [6, 6.07) is -0.539. The van der Waals surface area contributed by atoms with Crippen molar-refractivity contribution in [3.8, 4) is 0 Å². The van der Waals surface area contributed by atoms with Crippen LogP contribution in [0.1, 0.15) is 476 Å². The van der Waals surface area contributed by atoms with Crippen molar-refractivity contribution in [1.29, 1.82) is 0 Å². The number of esters is 1. The normalized spacial score (nSPS) is 12.5. The molecule has 88 heavy (non-hydrogen) atoms. The van der Waals surface area contributed by atoms with Crippen molar-refractivity contribution >= 4 is 11.9 Å². The monoisotopic (exact) mass is 1240 g/mol. The molecule has 0 saturated heterocycles. The third-order valence-corrected chi connectivity index (χ3v) is 19.6. The Morgan fingerprint density at radius 2 is 0.534 bits per heavy atom. The second-order valence-corrected chi connectivity index (χ2v) is 28.5. The molecule has 0 rings (SSSR count). The van der Waals surface area contributed by atoms with Crippen LogP contribution in [0.5, 0.6) is 0 Å². The Balaban J connectivity index is 3.32. The van der Waals surface area contributed by atoms with Gasteiger partial charge in [-0.2, -0.15) is 0 Å². The highest BCUT2D eigenvalue weighted by Gasteiger charge is 2.20. The molecule has 0 spiro atoms. The van der Waals surface area contributed by atoms with E-state index in [-0.39, 0.29) is 18.5 Å². The van der Waals surface area contributed by atoms with Gasteiger partial charge in [-0.15, -0.1) is 0 Å². The van der Waals surface area contributed by atoms with Crippen molar-refractivity contribution in [2.75, 3.05) is 13.2 Å². The van der Waals surface area contributed by atoms with Gasteiger partial charge >= 0.3 is 5.97 Å². The van der Waals surface area contributed by atoms with Crippen molar-refractivity contribution in [3.63, 3.8) is 0 Å². The van der Waals surface area contributed by atoms with E-state index >= 15 is 0 Å². The molecule has 0 saturated carbocycles. The molecule has 0 aromatic rings. The lowest BCUT2D eigenvalue weighted by Crippen LogP contribution is -2.45. The zero-order valence-electron chi connectivity index (χ0n) is 60.3. The number of hydrogen-bond donors (Lipinski definition) is 3. The number of carbonyl (C=O) groups excluding carboxylic acids is 2. The molecule has 6 heteroatoms. The summed E-state index contributed by atoms with van der Waals surface area (Å²) in [5.74, 6) is -0.00512. The molecule has 0 aromatic heterocycles. The maximum Gasteiger partial charge on any atom is 0.305 e. The molecule has 6 nitrogen and oxygen atoms in total. The van der Waals surface area contributed by atoms with Crippen molar-refractivity contribution in [1.82, 2.24) is 5.32 Å². The van der Waals surface area contributed by atoms with Crippen LogP contribution < -0.4 is 5.32 Å². The number of carbonyl (C=O) groups is 2. The molecule has 3 N–H and O–H groups in total. The van der Waals surface area contributed by atoms with Gasteiger partial charge in [0.15, 0.2) is 0 Å². The minimum Gasteiger partial charge on any atom is -0.466 e. The van der Waals surface area contributed by atoms with Crippen LogP contribution >= 0.6 is 0 Å². The van der Waals surface area contributed by atoms with Crippen molar-refractivity contribution in [2.24, 2.45) is 0 Å². The Morgan fingerprint density at radius 3 is 0.807 bits per heavy atom. The van der Waals surface area contributed by atoms with Gasteiger partial charge in [0.25, 0.3) is 0 Å². The lowest BCUT2D eigenvalue weighted by atomic mass is 10.0. The van der Waals surface area contributed by atoms with E-state index in [1.807, 2.05) is 0 Å². The highest BCUT2D eigenvalue weighted by atomic mass is 16.5. The van der Waals surface area contributed by atoms with E-state index in [9.17, 15) is 19.8 Å². The molecule has 2 unspecified atom stereocenters. The quantitative estimate of drug-likeness (QED) is 0.0320. The third-order valence-electron chi connectivity index (χ3n) is 19.6. The topological polar surface area (TPSA) is 95.9 Å². The number of ether oxygens (including phenoxy) is 1. The average molecular weight is 1240 g/mol. The average Bonchev–Trinajstić information content (AvgIpc) is 3.58. The minimum atomic E-state index is -0.662. The molecule has 0 aromatic carbocycles. The molecule has 0 aliphatic rings. The predicted octanol–water partition coefficient (Wildman–Crippen LogP) is 27.1. The Hall–Kier alpha value is -1.40. The second kappa shape index (κ2) is 78.0. The number of amides is 1. The van der Waals surface area contributed by atoms with Crippen LogP contribution in [-0.4, -0.2) is 47.4 Å². The molecule has 0 bridgehead atoms. The van der Waals surface area contributed by atoms with Gasteiger partial charge < -0.3 is 20.3 Å². The van der Waals surface area contributed by atoms with Gasteiger partial charge in [0.1, 0.15) is 0 Å². The molecule has 2 atom stereocenters. The molecule has 0 heterocycles. The number of aliphatic hydroxyl groups is 2. The van der Waals surface area contributed by atoms with Crippen LogP contribution in [0.3, 0.4) is 0 Å². The molecule has 524 valence electrons. The standard InChI is InChI=1S/C82H161NO5/c1-3-5-7-9-11-13-15-17-19-21-22-23-36-39-43-46-50-54-58-62-66-70-74-80(85)79(78-84)83-81(86)75-71-67-63-59-55-51-47-44-40-37-34-32-30-28-26-24-25-27-29-31-33-35-38-41-45-49-53-57-61-65-69-73-77-88-82(87)76-72-68-64-60-56-52-48-42-20-18-16-14-12-10-8-6-4-2/h18,20,79-80,84-85H,3-17,19,21-78H2,1-2H3,(H,83,86)/b20-18-. The van der Waals surface area contributed by atoms with Crippen molar-refractivity contribution in [3.05, 3.63) is 12.2 Å². The first-order chi connectivity index (χ1) is 43.5. The highest BCUT2D eigenvalue weighted by Crippen LogP contribution is 2.21. The fourth-order valence-electron chi connectivity index (χ4n) is 13.3. The van der Waals surface area contributed by atoms with Crippen LogP contribution in [0.4, 0.5) is 0 Å². The van der Waals surface area contributed by atoms with Crippen LogP contribution in [-0.2, 0) is 14.3 Å². The van der Waals surface area contributed by atoms with E-state index in [0.29, 0.717) is 25.9 Å². The SMILES string of the molecule is CCCCCCCC/C=C\CCCCCCCCCC(=O)OCCCCCCCCCCCCCCCCCCCCCCCCCCCCCCCCCCC(=O)NC(CO)C(O)CCCCCCCCCCCCCCCCCCCCCCCC. The number of aliphatic hydroxyl groups excluding tert-OH is 2. The first-order valence-electron chi connectivity index (χ1n) is 40.9. The fourth-order valence-corrected chi connectivity index (χ4v) is 13.3. The summed E-state index contributed by atoms with van der Waals surface area (Å²) in [5, 5.41) is 23.5.